The topological polar surface area (TPSA) is 55.4 Å². The first kappa shape index (κ1) is 18.3. The zero-order valence-corrected chi connectivity index (χ0v) is 15.8. The van der Waals surface area contributed by atoms with Crippen LogP contribution in [0.5, 0.6) is 0 Å². The van der Waals surface area contributed by atoms with Gasteiger partial charge in [-0.15, -0.1) is 22.7 Å². The first-order valence-electron chi connectivity index (χ1n) is 7.92. The highest BCUT2D eigenvalue weighted by molar-refractivity contribution is 7.18. The van der Waals surface area contributed by atoms with Gasteiger partial charge in [0, 0.05) is 20.9 Å². The first-order chi connectivity index (χ1) is 12.5. The second kappa shape index (κ2) is 7.80. The van der Waals surface area contributed by atoms with Crippen LogP contribution in [0.25, 0.3) is 10.4 Å². The van der Waals surface area contributed by atoms with Crippen LogP contribution in [-0.2, 0) is 4.74 Å². The van der Waals surface area contributed by atoms with Gasteiger partial charge in [-0.2, -0.15) is 0 Å². The minimum absolute atomic E-state index is 0.239. The third kappa shape index (κ3) is 3.68. The molecule has 0 fully saturated rings. The minimum atomic E-state index is -0.477. The van der Waals surface area contributed by atoms with Crippen LogP contribution in [0.2, 0.25) is 0 Å². The Hall–Kier alpha value is -2.51. The van der Waals surface area contributed by atoms with Crippen molar-refractivity contribution < 1.29 is 18.7 Å². The Labute approximate surface area is 158 Å². The second-order valence-electron chi connectivity index (χ2n) is 5.40. The quantitative estimate of drug-likeness (QED) is 0.598. The van der Waals surface area contributed by atoms with Gasteiger partial charge in [0.25, 0.3) is 5.91 Å². The average Bonchev–Trinajstić information content (AvgIpc) is 3.23. The summed E-state index contributed by atoms with van der Waals surface area (Å²) in [6.07, 6.45) is 0. The van der Waals surface area contributed by atoms with Gasteiger partial charge in [-0.1, -0.05) is 6.07 Å². The normalized spacial score (nSPS) is 10.6. The van der Waals surface area contributed by atoms with Gasteiger partial charge in [0.1, 0.15) is 16.4 Å². The molecule has 0 aliphatic heterocycles. The third-order valence-corrected chi connectivity index (χ3v) is 5.57. The van der Waals surface area contributed by atoms with Crippen LogP contribution in [0.1, 0.15) is 32.5 Å². The van der Waals surface area contributed by atoms with E-state index < -0.39 is 17.7 Å². The highest BCUT2D eigenvalue weighted by Gasteiger charge is 2.26. The number of halogens is 1. The molecule has 0 bridgehead atoms. The van der Waals surface area contributed by atoms with E-state index in [2.05, 4.69) is 5.32 Å². The predicted molar refractivity (Wildman–Crippen MR) is 103 cm³/mol. The van der Waals surface area contributed by atoms with E-state index in [4.69, 9.17) is 4.74 Å². The lowest BCUT2D eigenvalue weighted by Crippen LogP contribution is -2.14. The van der Waals surface area contributed by atoms with Gasteiger partial charge in [-0.25, -0.2) is 9.18 Å². The Bertz CT molecular complexity index is 931. The molecule has 0 aliphatic carbocycles. The number of carbonyl (C=O) groups is 2. The predicted octanol–water partition coefficient (Wildman–Crippen LogP) is 5.35. The summed E-state index contributed by atoms with van der Waals surface area (Å²) in [4.78, 5) is 26.9. The average molecular weight is 389 g/mol. The summed E-state index contributed by atoms with van der Waals surface area (Å²) >= 11 is 2.83. The Balaban J connectivity index is 2.01. The van der Waals surface area contributed by atoms with Crippen molar-refractivity contribution in [2.75, 3.05) is 11.9 Å². The molecule has 1 amide bonds. The van der Waals surface area contributed by atoms with E-state index in [0.717, 1.165) is 15.3 Å². The first-order valence-corrected chi connectivity index (χ1v) is 9.62. The second-order valence-corrected chi connectivity index (χ2v) is 7.57. The summed E-state index contributed by atoms with van der Waals surface area (Å²) in [6.45, 7) is 3.87. The smallest absolute Gasteiger partial charge is 0.341 e. The molecule has 3 aromatic rings. The van der Waals surface area contributed by atoms with Crippen LogP contribution in [0.3, 0.4) is 0 Å². The van der Waals surface area contributed by atoms with E-state index in [1.54, 1.807) is 6.92 Å². The van der Waals surface area contributed by atoms with Crippen molar-refractivity contribution in [1.29, 1.82) is 0 Å². The molecule has 7 heteroatoms. The van der Waals surface area contributed by atoms with Crippen molar-refractivity contribution in [3.8, 4) is 10.4 Å². The van der Waals surface area contributed by atoms with Crippen LogP contribution < -0.4 is 5.32 Å². The summed E-state index contributed by atoms with van der Waals surface area (Å²) in [5.74, 6) is -1.30. The van der Waals surface area contributed by atoms with Crippen LogP contribution in [-0.4, -0.2) is 18.5 Å². The molecular weight excluding hydrogens is 373 g/mol. The molecule has 0 radical (unpaired) electrons. The van der Waals surface area contributed by atoms with Gasteiger partial charge in [0.05, 0.1) is 6.61 Å². The zero-order valence-electron chi connectivity index (χ0n) is 14.2. The molecule has 2 heterocycles. The number of thiophene rings is 2. The number of ether oxygens (including phenoxy) is 1. The summed E-state index contributed by atoms with van der Waals surface area (Å²) in [7, 11) is 0. The van der Waals surface area contributed by atoms with Gasteiger partial charge in [-0.05, 0) is 49.6 Å². The van der Waals surface area contributed by atoms with Gasteiger partial charge in [-0.3, -0.25) is 4.79 Å². The van der Waals surface area contributed by atoms with Crippen molar-refractivity contribution in [2.45, 2.75) is 13.8 Å². The highest BCUT2D eigenvalue weighted by Crippen LogP contribution is 2.42. The molecule has 0 spiro atoms. The van der Waals surface area contributed by atoms with Crippen molar-refractivity contribution in [1.82, 2.24) is 0 Å². The van der Waals surface area contributed by atoms with E-state index in [1.807, 2.05) is 24.4 Å². The monoisotopic (exact) mass is 389 g/mol. The molecule has 4 nitrogen and oxygen atoms in total. The van der Waals surface area contributed by atoms with E-state index in [9.17, 15) is 14.0 Å². The summed E-state index contributed by atoms with van der Waals surface area (Å²) < 4.78 is 18.3. The maximum atomic E-state index is 13.1. The minimum Gasteiger partial charge on any atom is -0.462 e. The fraction of sp³-hybridized carbons (Fsp3) is 0.158. The molecule has 26 heavy (non-hydrogen) atoms. The lowest BCUT2D eigenvalue weighted by Gasteiger charge is -2.08. The largest absolute Gasteiger partial charge is 0.462 e. The van der Waals surface area contributed by atoms with E-state index in [0.29, 0.717) is 16.1 Å². The van der Waals surface area contributed by atoms with Crippen molar-refractivity contribution in [2.24, 2.45) is 0 Å². The molecule has 0 atom stereocenters. The van der Waals surface area contributed by atoms with Gasteiger partial charge >= 0.3 is 5.97 Å². The van der Waals surface area contributed by atoms with E-state index >= 15 is 0 Å². The van der Waals surface area contributed by atoms with Crippen molar-refractivity contribution in [3.63, 3.8) is 0 Å². The third-order valence-electron chi connectivity index (χ3n) is 3.66. The number of rotatable bonds is 5. The number of nitrogens with one attached hydrogen (secondary N) is 1. The Kier molecular flexibility index (Phi) is 5.49. The Morgan fingerprint density at radius 2 is 1.92 bits per heavy atom. The van der Waals surface area contributed by atoms with Gasteiger partial charge in [0.15, 0.2) is 0 Å². The van der Waals surface area contributed by atoms with E-state index in [1.165, 1.54) is 46.9 Å². The molecule has 134 valence electrons. The van der Waals surface area contributed by atoms with Crippen LogP contribution in [0, 0.1) is 12.7 Å². The summed E-state index contributed by atoms with van der Waals surface area (Å²) in [6, 6.07) is 9.07. The van der Waals surface area contributed by atoms with Gasteiger partial charge in [0.2, 0.25) is 0 Å². The highest BCUT2D eigenvalue weighted by atomic mass is 32.1. The molecule has 1 aromatic carbocycles. The molecule has 1 N–H and O–H groups in total. The molecule has 0 saturated heterocycles. The Morgan fingerprint density at radius 3 is 2.54 bits per heavy atom. The summed E-state index contributed by atoms with van der Waals surface area (Å²) in [5.41, 5.74) is 1.44. The number of amides is 1. The molecule has 3 rings (SSSR count). The lowest BCUT2D eigenvalue weighted by atomic mass is 10.1. The Morgan fingerprint density at radius 1 is 1.19 bits per heavy atom. The SMILES string of the molecule is CCOC(=O)c1c(NC(=O)c2ccc(F)cc2)sc(C)c1-c1cccs1. The fourth-order valence-electron chi connectivity index (χ4n) is 2.52. The van der Waals surface area contributed by atoms with Crippen LogP contribution >= 0.6 is 22.7 Å². The molecule has 2 aromatic heterocycles. The number of aryl methyl sites for hydroxylation is 1. The zero-order chi connectivity index (χ0) is 18.7. The molecular formula is C19H16FNO3S2. The van der Waals surface area contributed by atoms with Crippen LogP contribution in [0.15, 0.2) is 41.8 Å². The molecule has 0 aliphatic rings. The molecule has 0 unspecified atom stereocenters. The van der Waals surface area contributed by atoms with Crippen molar-refractivity contribution in [3.05, 3.63) is 63.6 Å². The van der Waals surface area contributed by atoms with Crippen molar-refractivity contribution >= 4 is 39.6 Å². The number of benzene rings is 1. The van der Waals surface area contributed by atoms with Crippen LogP contribution in [0.4, 0.5) is 9.39 Å². The maximum absolute atomic E-state index is 13.1. The van der Waals surface area contributed by atoms with E-state index in [-0.39, 0.29) is 6.61 Å². The number of anilines is 1. The number of esters is 1. The molecule has 0 saturated carbocycles. The fourth-order valence-corrected chi connectivity index (χ4v) is 4.47. The maximum Gasteiger partial charge on any atom is 0.341 e. The number of carbonyl (C=O) groups excluding carboxylic acids is 2. The number of hydrogen-bond donors (Lipinski definition) is 1. The lowest BCUT2D eigenvalue weighted by molar-refractivity contribution is 0.0529. The number of hydrogen-bond acceptors (Lipinski definition) is 5. The summed E-state index contributed by atoms with van der Waals surface area (Å²) in [5, 5.41) is 5.13. The standard InChI is InChI=1S/C19H16FNO3S2/c1-3-24-19(23)16-15(14-5-4-10-25-14)11(2)26-18(16)21-17(22)12-6-8-13(20)9-7-12/h4-10H,3H2,1-2H3,(H,21,22). The van der Waals surface area contributed by atoms with Gasteiger partial charge < -0.3 is 10.1 Å².